The summed E-state index contributed by atoms with van der Waals surface area (Å²) >= 11 is 1.45. The Morgan fingerprint density at radius 2 is 2.12 bits per heavy atom. The van der Waals surface area contributed by atoms with Crippen molar-refractivity contribution in [1.82, 2.24) is 9.97 Å². The van der Waals surface area contributed by atoms with Crippen LogP contribution in [-0.4, -0.2) is 34.7 Å². The van der Waals surface area contributed by atoms with Gasteiger partial charge in [0, 0.05) is 31.2 Å². The smallest absolute Gasteiger partial charge is 0.234 e. The number of carbonyl (C=O) groups excluding carboxylic acids is 1. The number of hydrogen-bond donors (Lipinski definition) is 1. The molecular formula is C20H26N4OS. The predicted octanol–water partition coefficient (Wildman–Crippen LogP) is 4.06. The molecule has 2 aromatic rings. The fourth-order valence-corrected chi connectivity index (χ4v) is 4.08. The third-order valence-electron chi connectivity index (χ3n) is 4.60. The van der Waals surface area contributed by atoms with Crippen LogP contribution in [0.5, 0.6) is 0 Å². The van der Waals surface area contributed by atoms with Crippen molar-refractivity contribution in [1.29, 1.82) is 0 Å². The Bertz CT molecular complexity index is 780. The van der Waals surface area contributed by atoms with Gasteiger partial charge in [0.1, 0.15) is 5.03 Å². The molecule has 0 saturated carbocycles. The van der Waals surface area contributed by atoms with Crippen LogP contribution in [0.4, 0.5) is 11.5 Å². The van der Waals surface area contributed by atoms with Gasteiger partial charge in [0.25, 0.3) is 0 Å². The van der Waals surface area contributed by atoms with E-state index < -0.39 is 0 Å². The Hall–Kier alpha value is -2.08. The number of hydrogen-bond acceptors (Lipinski definition) is 5. The summed E-state index contributed by atoms with van der Waals surface area (Å²) < 4.78 is 0. The van der Waals surface area contributed by atoms with E-state index in [2.05, 4.69) is 33.2 Å². The molecule has 1 aromatic heterocycles. The lowest BCUT2D eigenvalue weighted by Crippen LogP contribution is -2.35. The Kier molecular flexibility index (Phi) is 6.14. The average molecular weight is 371 g/mol. The summed E-state index contributed by atoms with van der Waals surface area (Å²) in [7, 11) is 0. The van der Waals surface area contributed by atoms with Crippen molar-refractivity contribution in [2.75, 3.05) is 29.1 Å². The first-order chi connectivity index (χ1) is 12.5. The number of rotatable bonds is 5. The van der Waals surface area contributed by atoms with Crippen LogP contribution in [0, 0.1) is 19.8 Å². The Morgan fingerprint density at radius 3 is 2.88 bits per heavy atom. The third kappa shape index (κ3) is 4.75. The lowest BCUT2D eigenvalue weighted by atomic mass is 10.0. The SMILES string of the molecule is Cc1ccc(NC(=O)CSc2nccnc2N2CCC[C@H](C)C2)c(C)c1. The molecule has 26 heavy (non-hydrogen) atoms. The maximum absolute atomic E-state index is 12.4. The molecule has 1 aliphatic heterocycles. The number of amides is 1. The molecule has 0 unspecified atom stereocenters. The van der Waals surface area contributed by atoms with Crippen LogP contribution in [0.25, 0.3) is 0 Å². The first-order valence-electron chi connectivity index (χ1n) is 9.09. The number of nitrogens with one attached hydrogen (secondary N) is 1. The molecule has 6 heteroatoms. The number of benzene rings is 1. The zero-order valence-electron chi connectivity index (χ0n) is 15.7. The third-order valence-corrected chi connectivity index (χ3v) is 5.57. The lowest BCUT2D eigenvalue weighted by Gasteiger charge is -2.32. The largest absolute Gasteiger partial charge is 0.354 e. The van der Waals surface area contributed by atoms with E-state index in [1.165, 1.54) is 30.2 Å². The van der Waals surface area contributed by atoms with Gasteiger partial charge in [-0.15, -0.1) is 0 Å². The maximum atomic E-state index is 12.4. The average Bonchev–Trinajstić information content (AvgIpc) is 2.62. The van der Waals surface area contributed by atoms with E-state index >= 15 is 0 Å². The van der Waals surface area contributed by atoms with Crippen molar-refractivity contribution in [3.05, 3.63) is 41.7 Å². The van der Waals surface area contributed by atoms with E-state index in [4.69, 9.17) is 0 Å². The van der Waals surface area contributed by atoms with Crippen molar-refractivity contribution in [3.8, 4) is 0 Å². The van der Waals surface area contributed by atoms with E-state index in [1.807, 2.05) is 26.0 Å². The molecule has 5 nitrogen and oxygen atoms in total. The Labute approximate surface area is 159 Å². The summed E-state index contributed by atoms with van der Waals surface area (Å²) in [4.78, 5) is 23.7. The number of thioether (sulfide) groups is 1. The van der Waals surface area contributed by atoms with Gasteiger partial charge in [-0.2, -0.15) is 0 Å². The van der Waals surface area contributed by atoms with E-state index in [0.717, 1.165) is 35.2 Å². The second-order valence-electron chi connectivity index (χ2n) is 7.03. The van der Waals surface area contributed by atoms with Gasteiger partial charge in [-0.3, -0.25) is 4.79 Å². The van der Waals surface area contributed by atoms with Crippen LogP contribution in [0.1, 0.15) is 30.9 Å². The van der Waals surface area contributed by atoms with E-state index in [0.29, 0.717) is 11.7 Å². The van der Waals surface area contributed by atoms with Crippen LogP contribution in [0.2, 0.25) is 0 Å². The molecule has 1 atom stereocenters. The number of anilines is 2. The van der Waals surface area contributed by atoms with Crippen molar-refractivity contribution in [3.63, 3.8) is 0 Å². The standard InChI is InChI=1S/C20H26N4OS/c1-14-6-7-17(16(3)11-14)23-18(25)13-26-20-19(21-8-9-22-20)24-10-4-5-15(2)12-24/h6-9,11,15H,4-5,10,12-13H2,1-3H3,(H,23,25)/t15-/m0/s1. The molecule has 0 spiro atoms. The summed E-state index contributed by atoms with van der Waals surface area (Å²) in [6, 6.07) is 6.03. The molecular weight excluding hydrogens is 344 g/mol. The number of nitrogens with zero attached hydrogens (tertiary/aromatic N) is 3. The van der Waals surface area contributed by atoms with Crippen LogP contribution >= 0.6 is 11.8 Å². The molecule has 1 aromatic carbocycles. The first-order valence-corrected chi connectivity index (χ1v) is 10.1. The lowest BCUT2D eigenvalue weighted by molar-refractivity contribution is -0.113. The monoisotopic (exact) mass is 370 g/mol. The van der Waals surface area contributed by atoms with Crippen LogP contribution in [-0.2, 0) is 4.79 Å². The maximum Gasteiger partial charge on any atom is 0.234 e. The summed E-state index contributed by atoms with van der Waals surface area (Å²) in [5, 5.41) is 3.82. The highest BCUT2D eigenvalue weighted by Gasteiger charge is 2.21. The van der Waals surface area contributed by atoms with Gasteiger partial charge in [-0.05, 0) is 44.2 Å². The minimum absolute atomic E-state index is 0.0226. The van der Waals surface area contributed by atoms with Crippen LogP contribution < -0.4 is 10.2 Å². The molecule has 0 radical (unpaired) electrons. The topological polar surface area (TPSA) is 58.1 Å². The zero-order chi connectivity index (χ0) is 18.5. The highest BCUT2D eigenvalue weighted by Crippen LogP contribution is 2.29. The van der Waals surface area contributed by atoms with Crippen LogP contribution in [0.3, 0.4) is 0 Å². The van der Waals surface area contributed by atoms with Crippen molar-refractivity contribution < 1.29 is 4.79 Å². The molecule has 0 aliphatic carbocycles. The summed E-state index contributed by atoms with van der Waals surface area (Å²) in [6.07, 6.45) is 5.86. The summed E-state index contributed by atoms with van der Waals surface area (Å²) in [5.41, 5.74) is 3.13. The highest BCUT2D eigenvalue weighted by molar-refractivity contribution is 8.00. The van der Waals surface area contributed by atoms with E-state index in [-0.39, 0.29) is 5.91 Å². The molecule has 1 fully saturated rings. The molecule has 0 bridgehead atoms. The normalized spacial score (nSPS) is 17.2. The van der Waals surface area contributed by atoms with Crippen LogP contribution in [0.15, 0.2) is 35.6 Å². The highest BCUT2D eigenvalue weighted by atomic mass is 32.2. The fourth-order valence-electron chi connectivity index (χ4n) is 3.29. The quantitative estimate of drug-likeness (QED) is 0.804. The molecule has 1 aliphatic rings. The molecule has 2 heterocycles. The number of carbonyl (C=O) groups is 1. The second kappa shape index (κ2) is 8.54. The molecule has 1 amide bonds. The summed E-state index contributed by atoms with van der Waals surface area (Å²) in [6.45, 7) is 8.33. The molecule has 3 rings (SSSR count). The fraction of sp³-hybridized carbons (Fsp3) is 0.450. The Morgan fingerprint density at radius 1 is 1.31 bits per heavy atom. The molecule has 138 valence electrons. The van der Waals surface area contributed by atoms with Gasteiger partial charge in [-0.1, -0.05) is 36.4 Å². The number of piperidine rings is 1. The van der Waals surface area contributed by atoms with Gasteiger partial charge in [0.05, 0.1) is 5.75 Å². The van der Waals surface area contributed by atoms with E-state index in [1.54, 1.807) is 12.4 Å². The summed E-state index contributed by atoms with van der Waals surface area (Å²) in [5.74, 6) is 1.87. The minimum Gasteiger partial charge on any atom is -0.354 e. The van der Waals surface area contributed by atoms with Gasteiger partial charge < -0.3 is 10.2 Å². The Balaban J connectivity index is 1.63. The van der Waals surface area contributed by atoms with Crippen molar-refractivity contribution >= 4 is 29.2 Å². The van der Waals surface area contributed by atoms with Gasteiger partial charge >= 0.3 is 0 Å². The molecule has 1 saturated heterocycles. The zero-order valence-corrected chi connectivity index (χ0v) is 16.5. The second-order valence-corrected chi connectivity index (χ2v) is 8.00. The van der Waals surface area contributed by atoms with Crippen molar-refractivity contribution in [2.24, 2.45) is 5.92 Å². The minimum atomic E-state index is -0.0226. The predicted molar refractivity (Wildman–Crippen MR) is 108 cm³/mol. The number of aryl methyl sites for hydroxylation is 2. The number of aromatic nitrogens is 2. The van der Waals surface area contributed by atoms with Gasteiger partial charge in [-0.25, -0.2) is 9.97 Å². The van der Waals surface area contributed by atoms with E-state index in [9.17, 15) is 4.79 Å². The van der Waals surface area contributed by atoms with Crippen molar-refractivity contribution in [2.45, 2.75) is 38.6 Å². The van der Waals surface area contributed by atoms with Gasteiger partial charge in [0.2, 0.25) is 5.91 Å². The first kappa shape index (κ1) is 18.7. The van der Waals surface area contributed by atoms with Gasteiger partial charge in [0.15, 0.2) is 5.82 Å². The molecule has 1 N–H and O–H groups in total.